The summed E-state index contributed by atoms with van der Waals surface area (Å²) in [5, 5.41) is 11.5. The number of carbonyl (C=O) groups excluding carboxylic acids is 2. The van der Waals surface area contributed by atoms with Gasteiger partial charge < -0.3 is 5.32 Å². The van der Waals surface area contributed by atoms with Crippen LogP contribution in [0.2, 0.25) is 0 Å². The van der Waals surface area contributed by atoms with Gasteiger partial charge >= 0.3 is 12.2 Å². The molecule has 0 atom stereocenters. The molecule has 0 unspecified atom stereocenters. The largest absolute Gasteiger partial charge is 0.405 e. The Bertz CT molecular complexity index is 463. The van der Waals surface area contributed by atoms with Crippen LogP contribution in [0.5, 0.6) is 0 Å². The molecule has 0 radical (unpaired) electrons. The molecule has 0 saturated heterocycles. The number of rotatable bonds is 4. The lowest BCUT2D eigenvalue weighted by Crippen LogP contribution is -2.43. The van der Waals surface area contributed by atoms with Crippen molar-refractivity contribution in [1.29, 1.82) is 0 Å². The third-order valence-electron chi connectivity index (χ3n) is 1.54. The average molecular weight is 314 g/mol. The zero-order valence-corrected chi connectivity index (χ0v) is 11.2. The van der Waals surface area contributed by atoms with E-state index in [9.17, 15) is 22.8 Å². The SMILES string of the molecule is Cc1nnc(SCC(=O)NC(=O)NCC(F)(F)F)s1. The second-order valence-corrected chi connectivity index (χ2v) is 5.63. The maximum Gasteiger partial charge on any atom is 0.405 e. The van der Waals surface area contributed by atoms with E-state index < -0.39 is 24.7 Å². The van der Waals surface area contributed by atoms with E-state index in [1.807, 2.05) is 0 Å². The molecule has 0 bridgehead atoms. The third-order valence-corrected chi connectivity index (χ3v) is 3.51. The number of urea groups is 1. The van der Waals surface area contributed by atoms with E-state index in [1.54, 1.807) is 12.2 Å². The standard InChI is InChI=1S/C8H9F3N4O2S2/c1-4-14-15-7(19-4)18-2-5(16)13-6(17)12-3-8(9,10)11/h2-3H2,1H3,(H2,12,13,16,17). The molecule has 0 aliphatic rings. The van der Waals surface area contributed by atoms with Gasteiger partial charge in [-0.25, -0.2) is 4.79 Å². The summed E-state index contributed by atoms with van der Waals surface area (Å²) in [6, 6.07) is -1.18. The topological polar surface area (TPSA) is 84.0 Å². The summed E-state index contributed by atoms with van der Waals surface area (Å²) in [4.78, 5) is 22.2. The smallest absolute Gasteiger partial charge is 0.329 e. The summed E-state index contributed by atoms with van der Waals surface area (Å²) in [6.45, 7) is 0.251. The van der Waals surface area contributed by atoms with Gasteiger partial charge in [-0.2, -0.15) is 13.2 Å². The highest BCUT2D eigenvalue weighted by Gasteiger charge is 2.27. The van der Waals surface area contributed by atoms with E-state index in [1.165, 1.54) is 16.7 Å². The summed E-state index contributed by atoms with van der Waals surface area (Å²) >= 11 is 2.32. The highest BCUT2D eigenvalue weighted by Crippen LogP contribution is 2.21. The van der Waals surface area contributed by atoms with Crippen molar-refractivity contribution in [2.75, 3.05) is 12.3 Å². The molecule has 0 aliphatic heterocycles. The van der Waals surface area contributed by atoms with Gasteiger partial charge in [0, 0.05) is 0 Å². The Morgan fingerprint density at radius 1 is 1.37 bits per heavy atom. The van der Waals surface area contributed by atoms with Gasteiger partial charge in [0.2, 0.25) is 5.91 Å². The van der Waals surface area contributed by atoms with Crippen molar-refractivity contribution in [3.8, 4) is 0 Å². The van der Waals surface area contributed by atoms with Gasteiger partial charge in [-0.3, -0.25) is 10.1 Å². The summed E-state index contributed by atoms with van der Waals surface area (Å²) < 4.78 is 35.9. The maximum atomic E-state index is 11.8. The number of halogens is 3. The van der Waals surface area contributed by atoms with Crippen LogP contribution in [0.15, 0.2) is 4.34 Å². The average Bonchev–Trinajstić information content (AvgIpc) is 2.69. The zero-order chi connectivity index (χ0) is 14.5. The number of nitrogens with one attached hydrogen (secondary N) is 2. The van der Waals surface area contributed by atoms with E-state index in [0.29, 0.717) is 4.34 Å². The number of nitrogens with zero attached hydrogens (tertiary/aromatic N) is 2. The molecule has 11 heteroatoms. The molecular weight excluding hydrogens is 305 g/mol. The van der Waals surface area contributed by atoms with Gasteiger partial charge in [-0.1, -0.05) is 23.1 Å². The first kappa shape index (κ1) is 15.7. The minimum atomic E-state index is -4.51. The fraction of sp³-hybridized carbons (Fsp3) is 0.500. The fourth-order valence-corrected chi connectivity index (χ4v) is 2.47. The van der Waals surface area contributed by atoms with E-state index in [-0.39, 0.29) is 5.75 Å². The lowest BCUT2D eigenvalue weighted by molar-refractivity contribution is -0.124. The molecule has 0 aromatic carbocycles. The molecular formula is C8H9F3N4O2S2. The van der Waals surface area contributed by atoms with Gasteiger partial charge in [0.1, 0.15) is 11.6 Å². The predicted octanol–water partition coefficient (Wildman–Crippen LogP) is 1.33. The number of aromatic nitrogens is 2. The summed E-state index contributed by atoms with van der Waals surface area (Å²) in [6.07, 6.45) is -4.51. The first-order valence-corrected chi connectivity index (χ1v) is 6.64. The molecule has 19 heavy (non-hydrogen) atoms. The zero-order valence-electron chi connectivity index (χ0n) is 9.58. The highest BCUT2D eigenvalue weighted by atomic mass is 32.2. The van der Waals surface area contributed by atoms with Crippen LogP contribution in [0.4, 0.5) is 18.0 Å². The van der Waals surface area contributed by atoms with Crippen molar-refractivity contribution in [1.82, 2.24) is 20.8 Å². The molecule has 0 aliphatic carbocycles. The Kier molecular flexibility index (Phi) is 5.54. The van der Waals surface area contributed by atoms with E-state index in [0.717, 1.165) is 16.8 Å². The highest BCUT2D eigenvalue weighted by molar-refractivity contribution is 8.01. The van der Waals surface area contributed by atoms with Crippen LogP contribution in [0.3, 0.4) is 0 Å². The molecule has 1 aromatic rings. The van der Waals surface area contributed by atoms with Crippen LogP contribution in [-0.4, -0.2) is 40.6 Å². The first-order valence-electron chi connectivity index (χ1n) is 4.83. The van der Waals surface area contributed by atoms with Crippen LogP contribution < -0.4 is 10.6 Å². The maximum absolute atomic E-state index is 11.8. The van der Waals surface area contributed by atoms with E-state index >= 15 is 0 Å². The molecule has 2 N–H and O–H groups in total. The van der Waals surface area contributed by atoms with E-state index in [4.69, 9.17) is 0 Å². The minimum Gasteiger partial charge on any atom is -0.329 e. The van der Waals surface area contributed by atoms with Crippen molar-refractivity contribution < 1.29 is 22.8 Å². The number of thioether (sulfide) groups is 1. The van der Waals surface area contributed by atoms with Gasteiger partial charge in [0.05, 0.1) is 5.75 Å². The first-order chi connectivity index (χ1) is 8.76. The lowest BCUT2D eigenvalue weighted by Gasteiger charge is -2.08. The molecule has 1 rings (SSSR count). The number of aryl methyl sites for hydroxylation is 1. The molecule has 106 valence electrons. The Labute approximate surface area is 114 Å². The van der Waals surface area contributed by atoms with Crippen LogP contribution >= 0.6 is 23.1 Å². The number of carbonyl (C=O) groups is 2. The normalized spacial score (nSPS) is 11.2. The molecule has 6 nitrogen and oxygen atoms in total. The molecule has 1 aromatic heterocycles. The predicted molar refractivity (Wildman–Crippen MR) is 63.0 cm³/mol. The Balaban J connectivity index is 2.25. The van der Waals surface area contributed by atoms with Crippen LogP contribution in [-0.2, 0) is 4.79 Å². The van der Waals surface area contributed by atoms with Gasteiger partial charge in [-0.05, 0) is 6.92 Å². The molecule has 0 saturated carbocycles. The number of hydrogen-bond donors (Lipinski definition) is 2. The monoisotopic (exact) mass is 314 g/mol. The third kappa shape index (κ3) is 6.96. The lowest BCUT2D eigenvalue weighted by atomic mass is 10.6. The van der Waals surface area contributed by atoms with Crippen molar-refractivity contribution in [2.45, 2.75) is 17.4 Å². The Morgan fingerprint density at radius 2 is 2.05 bits per heavy atom. The number of alkyl halides is 3. The van der Waals surface area contributed by atoms with E-state index in [2.05, 4.69) is 10.2 Å². The summed E-state index contributed by atoms with van der Waals surface area (Å²) in [7, 11) is 0. The molecule has 1 heterocycles. The van der Waals surface area contributed by atoms with Crippen LogP contribution in [0.25, 0.3) is 0 Å². The second kappa shape index (κ2) is 6.70. The van der Waals surface area contributed by atoms with Gasteiger partial charge in [0.25, 0.3) is 0 Å². The molecule has 0 spiro atoms. The number of imide groups is 1. The van der Waals surface area contributed by atoms with Gasteiger partial charge in [0.15, 0.2) is 4.34 Å². The number of amides is 3. The number of hydrogen-bond acceptors (Lipinski definition) is 6. The Morgan fingerprint density at radius 3 is 2.58 bits per heavy atom. The van der Waals surface area contributed by atoms with Gasteiger partial charge in [-0.15, -0.1) is 10.2 Å². The Hall–Kier alpha value is -1.36. The second-order valence-electron chi connectivity index (χ2n) is 3.22. The van der Waals surface area contributed by atoms with Crippen molar-refractivity contribution >= 4 is 35.0 Å². The summed E-state index contributed by atoms with van der Waals surface area (Å²) in [5.41, 5.74) is 0. The van der Waals surface area contributed by atoms with Crippen molar-refractivity contribution in [3.63, 3.8) is 0 Å². The minimum absolute atomic E-state index is 0.131. The fourth-order valence-electron chi connectivity index (χ4n) is 0.851. The molecule has 3 amide bonds. The van der Waals surface area contributed by atoms with Crippen molar-refractivity contribution in [3.05, 3.63) is 5.01 Å². The van der Waals surface area contributed by atoms with Crippen LogP contribution in [0, 0.1) is 6.92 Å². The van der Waals surface area contributed by atoms with Crippen LogP contribution in [0.1, 0.15) is 5.01 Å². The summed E-state index contributed by atoms with van der Waals surface area (Å²) in [5.74, 6) is -0.842. The van der Waals surface area contributed by atoms with Crippen molar-refractivity contribution in [2.24, 2.45) is 0 Å². The quantitative estimate of drug-likeness (QED) is 0.819. The molecule has 0 fully saturated rings.